The van der Waals surface area contributed by atoms with Crippen molar-refractivity contribution in [1.82, 2.24) is 0 Å². The molecular formula is C21H20N4O4S. The fourth-order valence-corrected chi connectivity index (χ4v) is 3.92. The lowest BCUT2D eigenvalue weighted by atomic mass is 10.1. The van der Waals surface area contributed by atoms with Gasteiger partial charge in [0.15, 0.2) is 0 Å². The summed E-state index contributed by atoms with van der Waals surface area (Å²) < 4.78 is 28.0. The first-order valence-electron chi connectivity index (χ1n) is 8.99. The zero-order valence-electron chi connectivity index (χ0n) is 16.4. The van der Waals surface area contributed by atoms with Gasteiger partial charge in [-0.2, -0.15) is 5.10 Å². The van der Waals surface area contributed by atoms with E-state index in [9.17, 15) is 18.5 Å². The summed E-state index contributed by atoms with van der Waals surface area (Å²) in [6.07, 6.45) is 1.51. The molecule has 0 aromatic heterocycles. The molecule has 0 spiro atoms. The highest BCUT2D eigenvalue weighted by molar-refractivity contribution is 7.92. The van der Waals surface area contributed by atoms with E-state index >= 15 is 0 Å². The van der Waals surface area contributed by atoms with Gasteiger partial charge in [0, 0.05) is 6.07 Å². The van der Waals surface area contributed by atoms with Crippen molar-refractivity contribution in [2.24, 2.45) is 5.10 Å². The van der Waals surface area contributed by atoms with Crippen LogP contribution in [-0.2, 0) is 10.0 Å². The van der Waals surface area contributed by atoms with E-state index in [1.165, 1.54) is 18.3 Å². The second kappa shape index (κ2) is 8.75. The second-order valence-electron chi connectivity index (χ2n) is 6.64. The Kier molecular flexibility index (Phi) is 6.12. The number of benzene rings is 3. The van der Waals surface area contributed by atoms with Crippen molar-refractivity contribution in [3.05, 3.63) is 93.5 Å². The molecule has 0 radical (unpaired) electrons. The molecule has 2 N–H and O–H groups in total. The topological polar surface area (TPSA) is 114 Å². The molecule has 0 heterocycles. The minimum Gasteiger partial charge on any atom is -0.279 e. The van der Waals surface area contributed by atoms with Gasteiger partial charge in [-0.05, 0) is 43.2 Å². The third-order valence-electron chi connectivity index (χ3n) is 4.30. The summed E-state index contributed by atoms with van der Waals surface area (Å²) >= 11 is 0. The largest absolute Gasteiger partial charge is 0.295 e. The van der Waals surface area contributed by atoms with Gasteiger partial charge < -0.3 is 0 Å². The van der Waals surface area contributed by atoms with Crippen LogP contribution in [0.15, 0.2) is 76.7 Å². The van der Waals surface area contributed by atoms with E-state index in [1.54, 1.807) is 19.1 Å². The SMILES string of the molecule is Cc1ccc(NS(=O)(=O)c2ccc(N/N=C/c3ccccc3)c([N+](=O)[O-])c2)c(C)c1. The Hall–Kier alpha value is -3.72. The molecule has 3 aromatic carbocycles. The number of hydrogen-bond donors (Lipinski definition) is 2. The Morgan fingerprint density at radius 1 is 0.967 bits per heavy atom. The van der Waals surface area contributed by atoms with Gasteiger partial charge in [-0.1, -0.05) is 48.0 Å². The maximum atomic E-state index is 12.7. The second-order valence-corrected chi connectivity index (χ2v) is 8.32. The average Bonchev–Trinajstić information content (AvgIpc) is 2.71. The average molecular weight is 424 g/mol. The van der Waals surface area contributed by atoms with Gasteiger partial charge in [-0.25, -0.2) is 8.42 Å². The van der Waals surface area contributed by atoms with Gasteiger partial charge in [0.1, 0.15) is 5.69 Å². The van der Waals surface area contributed by atoms with Crippen molar-refractivity contribution in [1.29, 1.82) is 0 Å². The van der Waals surface area contributed by atoms with Crippen LogP contribution in [0.1, 0.15) is 16.7 Å². The van der Waals surface area contributed by atoms with Crippen molar-refractivity contribution in [2.45, 2.75) is 18.7 Å². The lowest BCUT2D eigenvalue weighted by molar-refractivity contribution is -0.384. The number of sulfonamides is 1. The maximum absolute atomic E-state index is 12.7. The van der Waals surface area contributed by atoms with Gasteiger partial charge in [-0.15, -0.1) is 0 Å². The third-order valence-corrected chi connectivity index (χ3v) is 5.66. The van der Waals surface area contributed by atoms with E-state index in [1.807, 2.05) is 43.3 Å². The molecule has 0 aliphatic carbocycles. The highest BCUT2D eigenvalue weighted by Gasteiger charge is 2.22. The van der Waals surface area contributed by atoms with Crippen LogP contribution in [0, 0.1) is 24.0 Å². The van der Waals surface area contributed by atoms with Crippen LogP contribution in [0.5, 0.6) is 0 Å². The highest BCUT2D eigenvalue weighted by atomic mass is 32.2. The summed E-state index contributed by atoms with van der Waals surface area (Å²) in [5.74, 6) is 0. The van der Waals surface area contributed by atoms with Gasteiger partial charge in [0.05, 0.1) is 21.7 Å². The number of nitrogens with one attached hydrogen (secondary N) is 2. The molecule has 30 heavy (non-hydrogen) atoms. The van der Waals surface area contributed by atoms with E-state index in [-0.39, 0.29) is 10.6 Å². The molecule has 0 bridgehead atoms. The monoisotopic (exact) mass is 424 g/mol. The van der Waals surface area contributed by atoms with E-state index in [0.717, 1.165) is 22.8 Å². The van der Waals surface area contributed by atoms with E-state index in [2.05, 4.69) is 15.2 Å². The minimum absolute atomic E-state index is 0.0812. The summed E-state index contributed by atoms with van der Waals surface area (Å²) in [5.41, 5.74) is 5.25. The predicted octanol–water partition coefficient (Wildman–Crippen LogP) is 4.46. The fraction of sp³-hybridized carbons (Fsp3) is 0.0952. The zero-order valence-corrected chi connectivity index (χ0v) is 17.2. The van der Waals surface area contributed by atoms with Crippen molar-refractivity contribution >= 4 is 33.3 Å². The van der Waals surface area contributed by atoms with Gasteiger partial charge in [-0.3, -0.25) is 20.3 Å². The molecule has 0 atom stereocenters. The molecule has 0 aliphatic rings. The lowest BCUT2D eigenvalue weighted by Crippen LogP contribution is -2.14. The zero-order chi connectivity index (χ0) is 21.7. The summed E-state index contributed by atoms with van der Waals surface area (Å²) in [7, 11) is -4.01. The molecule has 154 valence electrons. The number of rotatable bonds is 7. The lowest BCUT2D eigenvalue weighted by Gasteiger charge is -2.12. The molecule has 8 nitrogen and oxygen atoms in total. The Morgan fingerprint density at radius 3 is 2.33 bits per heavy atom. The van der Waals surface area contributed by atoms with Gasteiger partial charge >= 0.3 is 0 Å². The molecule has 0 unspecified atom stereocenters. The van der Waals surface area contributed by atoms with Gasteiger partial charge in [0.2, 0.25) is 0 Å². The molecule has 0 saturated carbocycles. The number of aryl methyl sites for hydroxylation is 2. The van der Waals surface area contributed by atoms with Gasteiger partial charge in [0.25, 0.3) is 15.7 Å². The predicted molar refractivity (Wildman–Crippen MR) is 117 cm³/mol. The van der Waals surface area contributed by atoms with Crippen LogP contribution in [0.4, 0.5) is 17.1 Å². The number of hydrazone groups is 1. The Morgan fingerprint density at radius 2 is 1.67 bits per heavy atom. The number of nitro groups is 1. The number of nitrogens with zero attached hydrogens (tertiary/aromatic N) is 2. The highest BCUT2D eigenvalue weighted by Crippen LogP contribution is 2.29. The molecule has 9 heteroatoms. The van der Waals surface area contributed by atoms with Crippen LogP contribution in [0.2, 0.25) is 0 Å². The summed E-state index contributed by atoms with van der Waals surface area (Å²) in [4.78, 5) is 10.6. The molecule has 3 aromatic rings. The van der Waals surface area contributed by atoms with E-state index < -0.39 is 20.6 Å². The summed E-state index contributed by atoms with van der Waals surface area (Å²) in [5, 5.41) is 15.5. The van der Waals surface area contributed by atoms with E-state index in [0.29, 0.717) is 5.69 Å². The number of anilines is 2. The van der Waals surface area contributed by atoms with Crippen LogP contribution in [0.3, 0.4) is 0 Å². The first-order valence-corrected chi connectivity index (χ1v) is 10.5. The number of nitro benzene ring substituents is 1. The maximum Gasteiger partial charge on any atom is 0.295 e. The molecule has 0 aliphatic heterocycles. The first kappa shape index (κ1) is 21.0. The first-order chi connectivity index (χ1) is 14.3. The Balaban J connectivity index is 1.86. The summed E-state index contributed by atoms with van der Waals surface area (Å²) in [6, 6.07) is 18.1. The van der Waals surface area contributed by atoms with Crippen molar-refractivity contribution < 1.29 is 13.3 Å². The smallest absolute Gasteiger partial charge is 0.279 e. The quantitative estimate of drug-likeness (QED) is 0.330. The van der Waals surface area contributed by atoms with Crippen molar-refractivity contribution in [2.75, 3.05) is 10.1 Å². The standard InChI is InChI=1S/C21H20N4O4S/c1-15-8-10-19(16(2)12-15)24-30(28,29)18-9-11-20(21(13-18)25(26)27)23-22-14-17-6-4-3-5-7-17/h3-14,23-24H,1-2H3/b22-14+. The summed E-state index contributed by atoms with van der Waals surface area (Å²) in [6.45, 7) is 3.69. The molecular weight excluding hydrogens is 404 g/mol. The van der Waals surface area contributed by atoms with Crippen molar-refractivity contribution in [3.8, 4) is 0 Å². The van der Waals surface area contributed by atoms with Crippen LogP contribution >= 0.6 is 0 Å². The normalized spacial score (nSPS) is 11.4. The number of hydrogen-bond acceptors (Lipinski definition) is 6. The third kappa shape index (κ3) is 5.00. The molecule has 3 rings (SSSR count). The Labute approximate surface area is 174 Å². The molecule has 0 fully saturated rings. The Bertz CT molecular complexity index is 1210. The van der Waals surface area contributed by atoms with Crippen LogP contribution in [-0.4, -0.2) is 19.6 Å². The van der Waals surface area contributed by atoms with Crippen LogP contribution in [0.25, 0.3) is 0 Å². The minimum atomic E-state index is -4.01. The molecule has 0 amide bonds. The van der Waals surface area contributed by atoms with Crippen LogP contribution < -0.4 is 10.1 Å². The molecule has 0 saturated heterocycles. The van der Waals surface area contributed by atoms with E-state index in [4.69, 9.17) is 0 Å². The fourth-order valence-electron chi connectivity index (χ4n) is 2.77. The van der Waals surface area contributed by atoms with Crippen molar-refractivity contribution in [3.63, 3.8) is 0 Å².